The highest BCUT2D eigenvalue weighted by molar-refractivity contribution is 4.89. The maximum atomic E-state index is 9.92. The number of β-amino-alcohol motifs (C(OH)–C–C–N with tert-alkyl or cyclic N) is 1. The number of aliphatic hydroxyl groups is 1. The fourth-order valence-electron chi connectivity index (χ4n) is 1.95. The molecule has 4 heteroatoms. The Labute approximate surface area is 104 Å². The third-order valence-corrected chi connectivity index (χ3v) is 3.07. The number of aliphatic hydroxyl groups excluding tert-OH is 1. The minimum atomic E-state index is -0.333. The quantitative estimate of drug-likeness (QED) is 0.618. The van der Waals surface area contributed by atoms with Gasteiger partial charge in [-0.25, -0.2) is 0 Å². The second kappa shape index (κ2) is 8.48. The van der Waals surface area contributed by atoms with Gasteiger partial charge in [-0.2, -0.15) is 0 Å². The van der Waals surface area contributed by atoms with Crippen LogP contribution in [0.2, 0.25) is 0 Å². The van der Waals surface area contributed by atoms with E-state index in [0.717, 1.165) is 39.1 Å². The number of nitrogens with zero attached hydrogens (tertiary/aromatic N) is 1. The molecule has 2 unspecified atom stereocenters. The Hall–Kier alpha value is -0.600. The van der Waals surface area contributed by atoms with Crippen molar-refractivity contribution in [2.45, 2.75) is 31.9 Å². The Balaban J connectivity index is 2.15. The van der Waals surface area contributed by atoms with Crippen LogP contribution in [0.25, 0.3) is 0 Å². The molecular weight excluding hydrogens is 216 g/mol. The molecule has 0 aliphatic carbocycles. The van der Waals surface area contributed by atoms with E-state index in [1.54, 1.807) is 0 Å². The van der Waals surface area contributed by atoms with Crippen molar-refractivity contribution in [3.8, 4) is 12.3 Å². The van der Waals surface area contributed by atoms with E-state index in [0.29, 0.717) is 19.1 Å². The zero-order chi connectivity index (χ0) is 12.5. The summed E-state index contributed by atoms with van der Waals surface area (Å²) in [6.07, 6.45) is 6.67. The molecule has 2 atom stereocenters. The first-order chi connectivity index (χ1) is 8.26. The summed E-state index contributed by atoms with van der Waals surface area (Å²) >= 11 is 0. The molecule has 0 saturated carbocycles. The number of hydrogen-bond donors (Lipinski definition) is 2. The monoisotopic (exact) mass is 240 g/mol. The van der Waals surface area contributed by atoms with Crippen molar-refractivity contribution in [3.05, 3.63) is 0 Å². The zero-order valence-corrected chi connectivity index (χ0v) is 10.7. The van der Waals surface area contributed by atoms with Crippen LogP contribution in [0.1, 0.15) is 19.8 Å². The van der Waals surface area contributed by atoms with Crippen molar-refractivity contribution in [2.75, 3.05) is 39.4 Å². The Kier molecular flexibility index (Phi) is 7.22. The summed E-state index contributed by atoms with van der Waals surface area (Å²) in [5.41, 5.74) is 0. The SMILES string of the molecule is C#CCC(CC)NCC(O)CN1CCOCC1. The van der Waals surface area contributed by atoms with Gasteiger partial charge in [-0.05, 0) is 6.42 Å². The average molecular weight is 240 g/mol. The first-order valence-corrected chi connectivity index (χ1v) is 6.41. The summed E-state index contributed by atoms with van der Waals surface area (Å²) in [6.45, 7) is 6.80. The molecule has 0 aromatic carbocycles. The highest BCUT2D eigenvalue weighted by Gasteiger charge is 2.15. The lowest BCUT2D eigenvalue weighted by atomic mass is 10.1. The van der Waals surface area contributed by atoms with Crippen LogP contribution in [0.15, 0.2) is 0 Å². The molecule has 1 aliphatic rings. The highest BCUT2D eigenvalue weighted by atomic mass is 16.5. The first-order valence-electron chi connectivity index (χ1n) is 6.41. The fourth-order valence-corrected chi connectivity index (χ4v) is 1.95. The molecule has 0 aromatic heterocycles. The van der Waals surface area contributed by atoms with Crippen LogP contribution in [-0.4, -0.2) is 61.5 Å². The van der Waals surface area contributed by atoms with Crippen LogP contribution in [0.4, 0.5) is 0 Å². The molecule has 0 radical (unpaired) electrons. The number of nitrogens with one attached hydrogen (secondary N) is 1. The van der Waals surface area contributed by atoms with E-state index in [1.165, 1.54) is 0 Å². The molecular formula is C13H24N2O2. The second-order valence-electron chi connectivity index (χ2n) is 4.49. The number of morpholine rings is 1. The fraction of sp³-hybridized carbons (Fsp3) is 0.846. The summed E-state index contributed by atoms with van der Waals surface area (Å²) in [6, 6.07) is 0.319. The van der Waals surface area contributed by atoms with Crippen molar-refractivity contribution in [1.82, 2.24) is 10.2 Å². The number of rotatable bonds is 7. The maximum absolute atomic E-state index is 9.92. The van der Waals surface area contributed by atoms with Crippen LogP contribution in [0, 0.1) is 12.3 Å². The van der Waals surface area contributed by atoms with E-state index in [9.17, 15) is 5.11 Å². The predicted octanol–water partition coefficient (Wildman–Crippen LogP) is 0.0710. The summed E-state index contributed by atoms with van der Waals surface area (Å²) in [5, 5.41) is 13.2. The Bertz CT molecular complexity index is 234. The van der Waals surface area contributed by atoms with Gasteiger partial charge in [0, 0.05) is 38.6 Å². The molecule has 4 nitrogen and oxygen atoms in total. The van der Waals surface area contributed by atoms with Gasteiger partial charge in [-0.3, -0.25) is 4.90 Å². The third-order valence-electron chi connectivity index (χ3n) is 3.07. The van der Waals surface area contributed by atoms with Crippen LogP contribution in [0.5, 0.6) is 0 Å². The van der Waals surface area contributed by atoms with Gasteiger partial charge in [0.1, 0.15) is 0 Å². The van der Waals surface area contributed by atoms with Gasteiger partial charge in [-0.1, -0.05) is 6.92 Å². The van der Waals surface area contributed by atoms with E-state index < -0.39 is 0 Å². The molecule has 0 amide bonds. The second-order valence-corrected chi connectivity index (χ2v) is 4.49. The lowest BCUT2D eigenvalue weighted by molar-refractivity contribution is 0.0145. The number of terminal acetylenes is 1. The highest BCUT2D eigenvalue weighted by Crippen LogP contribution is 2.00. The predicted molar refractivity (Wildman–Crippen MR) is 68.8 cm³/mol. The molecule has 1 fully saturated rings. The third kappa shape index (κ3) is 6.04. The minimum absolute atomic E-state index is 0.319. The molecule has 2 N–H and O–H groups in total. The van der Waals surface area contributed by atoms with Crippen molar-refractivity contribution in [2.24, 2.45) is 0 Å². The molecule has 1 rings (SSSR count). The molecule has 1 heterocycles. The van der Waals surface area contributed by atoms with Gasteiger partial charge in [0.2, 0.25) is 0 Å². The van der Waals surface area contributed by atoms with Gasteiger partial charge in [-0.15, -0.1) is 12.3 Å². The van der Waals surface area contributed by atoms with E-state index >= 15 is 0 Å². The average Bonchev–Trinajstić information content (AvgIpc) is 2.35. The summed E-state index contributed by atoms with van der Waals surface area (Å²) in [5.74, 6) is 2.65. The molecule has 1 aliphatic heterocycles. The van der Waals surface area contributed by atoms with E-state index in [2.05, 4.69) is 23.1 Å². The topological polar surface area (TPSA) is 44.7 Å². The van der Waals surface area contributed by atoms with Crippen molar-refractivity contribution < 1.29 is 9.84 Å². The van der Waals surface area contributed by atoms with Crippen LogP contribution >= 0.6 is 0 Å². The Morgan fingerprint density at radius 3 is 2.76 bits per heavy atom. The van der Waals surface area contributed by atoms with Gasteiger partial charge in [0.25, 0.3) is 0 Å². The maximum Gasteiger partial charge on any atom is 0.0791 e. The van der Waals surface area contributed by atoms with Crippen LogP contribution < -0.4 is 5.32 Å². The van der Waals surface area contributed by atoms with Gasteiger partial charge < -0.3 is 15.2 Å². The zero-order valence-electron chi connectivity index (χ0n) is 10.7. The molecule has 98 valence electrons. The molecule has 1 saturated heterocycles. The molecule has 17 heavy (non-hydrogen) atoms. The van der Waals surface area contributed by atoms with E-state index in [1.807, 2.05) is 0 Å². The van der Waals surface area contributed by atoms with E-state index in [4.69, 9.17) is 11.2 Å². The van der Waals surface area contributed by atoms with E-state index in [-0.39, 0.29) is 6.10 Å². The van der Waals surface area contributed by atoms with Crippen molar-refractivity contribution in [3.63, 3.8) is 0 Å². The molecule has 0 aromatic rings. The summed E-state index contributed by atoms with van der Waals surface area (Å²) in [7, 11) is 0. The Morgan fingerprint density at radius 1 is 1.47 bits per heavy atom. The van der Waals surface area contributed by atoms with Crippen molar-refractivity contribution in [1.29, 1.82) is 0 Å². The summed E-state index contributed by atoms with van der Waals surface area (Å²) < 4.78 is 5.27. The van der Waals surface area contributed by atoms with Crippen LogP contribution in [-0.2, 0) is 4.74 Å². The smallest absolute Gasteiger partial charge is 0.0791 e. The van der Waals surface area contributed by atoms with Gasteiger partial charge in [0.15, 0.2) is 0 Å². The summed E-state index contributed by atoms with van der Waals surface area (Å²) in [4.78, 5) is 2.23. The van der Waals surface area contributed by atoms with Crippen molar-refractivity contribution >= 4 is 0 Å². The van der Waals surface area contributed by atoms with Crippen LogP contribution in [0.3, 0.4) is 0 Å². The standard InChI is InChI=1S/C13H24N2O2/c1-3-5-12(4-2)14-10-13(16)11-15-6-8-17-9-7-15/h1,12-14,16H,4-11H2,2H3. The molecule has 0 spiro atoms. The normalized spacial score (nSPS) is 20.8. The lowest BCUT2D eigenvalue weighted by Gasteiger charge is -2.29. The van der Waals surface area contributed by atoms with Gasteiger partial charge in [0.05, 0.1) is 19.3 Å². The number of ether oxygens (including phenoxy) is 1. The number of hydrogen-bond acceptors (Lipinski definition) is 4. The largest absolute Gasteiger partial charge is 0.390 e. The van der Waals surface area contributed by atoms with Gasteiger partial charge >= 0.3 is 0 Å². The molecule has 0 bridgehead atoms. The first kappa shape index (κ1) is 14.5. The minimum Gasteiger partial charge on any atom is -0.390 e. The lowest BCUT2D eigenvalue weighted by Crippen LogP contribution is -2.45. The Morgan fingerprint density at radius 2 is 2.18 bits per heavy atom.